The van der Waals surface area contributed by atoms with Crippen molar-refractivity contribution in [3.8, 4) is 0 Å². The van der Waals surface area contributed by atoms with Gasteiger partial charge in [0, 0.05) is 37.7 Å². The molecular weight excluding hydrogens is 330 g/mol. The molecule has 130 valence electrons. The molecular formula is C15H21N5O3S. The highest BCUT2D eigenvalue weighted by Gasteiger charge is 2.24. The van der Waals surface area contributed by atoms with Crippen molar-refractivity contribution < 1.29 is 13.2 Å². The van der Waals surface area contributed by atoms with E-state index in [-0.39, 0.29) is 16.8 Å². The summed E-state index contributed by atoms with van der Waals surface area (Å²) >= 11 is 0. The van der Waals surface area contributed by atoms with Crippen molar-refractivity contribution in [1.82, 2.24) is 24.4 Å². The lowest BCUT2D eigenvalue weighted by Crippen LogP contribution is -2.35. The third-order valence-corrected chi connectivity index (χ3v) is 5.54. The molecule has 0 bridgehead atoms. The molecule has 1 aliphatic rings. The van der Waals surface area contributed by atoms with Gasteiger partial charge in [-0.15, -0.1) is 0 Å². The molecule has 0 unspecified atom stereocenters. The Labute approximate surface area is 140 Å². The highest BCUT2D eigenvalue weighted by molar-refractivity contribution is 7.89. The molecule has 0 saturated carbocycles. The van der Waals surface area contributed by atoms with Crippen molar-refractivity contribution in [2.75, 3.05) is 13.1 Å². The Bertz CT molecular complexity index is 791. The molecule has 1 fully saturated rings. The van der Waals surface area contributed by atoms with Gasteiger partial charge in [-0.05, 0) is 31.9 Å². The fourth-order valence-corrected chi connectivity index (χ4v) is 4.03. The van der Waals surface area contributed by atoms with Gasteiger partial charge in [-0.25, -0.2) is 13.1 Å². The molecule has 2 aromatic rings. The quantitative estimate of drug-likeness (QED) is 0.804. The molecule has 0 aliphatic carbocycles. The van der Waals surface area contributed by atoms with Gasteiger partial charge in [-0.1, -0.05) is 0 Å². The van der Waals surface area contributed by atoms with E-state index in [0.29, 0.717) is 12.2 Å². The molecule has 3 heterocycles. The van der Waals surface area contributed by atoms with E-state index < -0.39 is 10.0 Å². The zero-order valence-electron chi connectivity index (χ0n) is 13.5. The maximum absolute atomic E-state index is 12.4. The lowest BCUT2D eigenvalue weighted by Gasteiger charge is -2.14. The summed E-state index contributed by atoms with van der Waals surface area (Å²) in [7, 11) is -3.69. The van der Waals surface area contributed by atoms with Crippen LogP contribution in [0.1, 0.15) is 30.3 Å². The number of nitrogens with zero attached hydrogens (tertiary/aromatic N) is 3. The van der Waals surface area contributed by atoms with Gasteiger partial charge in [0.2, 0.25) is 10.0 Å². The van der Waals surface area contributed by atoms with E-state index in [0.717, 1.165) is 25.9 Å². The lowest BCUT2D eigenvalue weighted by molar-refractivity contribution is 0.0787. The van der Waals surface area contributed by atoms with E-state index in [2.05, 4.69) is 14.8 Å². The number of carbonyl (C=O) groups is 1. The van der Waals surface area contributed by atoms with Crippen LogP contribution in [-0.4, -0.2) is 53.1 Å². The van der Waals surface area contributed by atoms with Crippen molar-refractivity contribution >= 4 is 15.9 Å². The van der Waals surface area contributed by atoms with Crippen LogP contribution in [-0.2, 0) is 16.6 Å². The number of hydrogen-bond acceptors (Lipinski definition) is 4. The van der Waals surface area contributed by atoms with Gasteiger partial charge in [0.25, 0.3) is 5.91 Å². The molecule has 0 aromatic carbocycles. The first-order valence-corrected chi connectivity index (χ1v) is 9.41. The fraction of sp³-hybridized carbons (Fsp3) is 0.467. The van der Waals surface area contributed by atoms with E-state index in [1.807, 2.05) is 0 Å². The summed E-state index contributed by atoms with van der Waals surface area (Å²) in [6.07, 6.45) is 6.75. The smallest absolute Gasteiger partial charge is 0.270 e. The van der Waals surface area contributed by atoms with E-state index in [4.69, 9.17) is 0 Å². The maximum Gasteiger partial charge on any atom is 0.270 e. The van der Waals surface area contributed by atoms with E-state index in [9.17, 15) is 13.2 Å². The van der Waals surface area contributed by atoms with Crippen LogP contribution in [0, 0.1) is 0 Å². The molecule has 1 amide bonds. The molecule has 8 nitrogen and oxygen atoms in total. The summed E-state index contributed by atoms with van der Waals surface area (Å²) in [6.45, 7) is 3.64. The van der Waals surface area contributed by atoms with Crippen LogP contribution in [0.2, 0.25) is 0 Å². The number of nitrogens with one attached hydrogen (secondary N) is 2. The monoisotopic (exact) mass is 351 g/mol. The zero-order chi connectivity index (χ0) is 17.2. The Morgan fingerprint density at radius 2 is 2.17 bits per heavy atom. The second-order valence-corrected chi connectivity index (χ2v) is 7.71. The predicted molar refractivity (Wildman–Crippen MR) is 87.9 cm³/mol. The normalized spacial score (nSPS) is 16.5. The maximum atomic E-state index is 12.4. The van der Waals surface area contributed by atoms with Gasteiger partial charge in [0.1, 0.15) is 10.6 Å². The van der Waals surface area contributed by atoms with Gasteiger partial charge in [-0.3, -0.25) is 9.48 Å². The third kappa shape index (κ3) is 3.68. The standard InChI is InChI=1S/C15H21N5O3S/c1-12(11-20-8-4-5-17-20)18-24(22,23)13-9-14(16-10-13)15(21)19-6-2-3-7-19/h4-5,8-10,12,16,18H,2-3,6-7,11H2,1H3/t12-/m0/s1. The summed E-state index contributed by atoms with van der Waals surface area (Å²) in [5.41, 5.74) is 0.303. The molecule has 24 heavy (non-hydrogen) atoms. The van der Waals surface area contributed by atoms with Gasteiger partial charge in [0.15, 0.2) is 0 Å². The first-order valence-electron chi connectivity index (χ1n) is 7.93. The molecule has 2 aromatic heterocycles. The van der Waals surface area contributed by atoms with E-state index in [1.165, 1.54) is 12.3 Å². The van der Waals surface area contributed by atoms with Gasteiger partial charge in [-0.2, -0.15) is 5.10 Å². The van der Waals surface area contributed by atoms with Crippen molar-refractivity contribution in [2.24, 2.45) is 0 Å². The number of sulfonamides is 1. The van der Waals surface area contributed by atoms with Crippen LogP contribution in [0.25, 0.3) is 0 Å². The summed E-state index contributed by atoms with van der Waals surface area (Å²) in [6, 6.07) is 2.84. The number of likely N-dealkylation sites (tertiary alicyclic amines) is 1. The summed E-state index contributed by atoms with van der Waals surface area (Å²) in [4.78, 5) is 16.9. The highest BCUT2D eigenvalue weighted by Crippen LogP contribution is 2.16. The third-order valence-electron chi connectivity index (χ3n) is 3.97. The Morgan fingerprint density at radius 3 is 2.83 bits per heavy atom. The molecule has 0 spiro atoms. The van der Waals surface area contributed by atoms with Gasteiger partial charge in [0.05, 0.1) is 6.54 Å². The van der Waals surface area contributed by atoms with Crippen LogP contribution >= 0.6 is 0 Å². The number of aromatic nitrogens is 3. The van der Waals surface area contributed by atoms with E-state index in [1.54, 1.807) is 35.0 Å². The van der Waals surface area contributed by atoms with Crippen LogP contribution < -0.4 is 4.72 Å². The molecule has 1 aliphatic heterocycles. The van der Waals surface area contributed by atoms with Crippen molar-refractivity contribution in [3.05, 3.63) is 36.4 Å². The van der Waals surface area contributed by atoms with Crippen LogP contribution in [0.15, 0.2) is 35.6 Å². The first-order chi connectivity index (χ1) is 11.5. The zero-order valence-corrected chi connectivity index (χ0v) is 14.3. The number of amides is 1. The number of hydrogen-bond donors (Lipinski definition) is 2. The Morgan fingerprint density at radius 1 is 1.42 bits per heavy atom. The van der Waals surface area contributed by atoms with Crippen LogP contribution in [0.3, 0.4) is 0 Å². The molecule has 0 radical (unpaired) electrons. The molecule has 2 N–H and O–H groups in total. The highest BCUT2D eigenvalue weighted by atomic mass is 32.2. The average molecular weight is 351 g/mol. The molecule has 1 atom stereocenters. The van der Waals surface area contributed by atoms with Crippen molar-refractivity contribution in [1.29, 1.82) is 0 Å². The summed E-state index contributed by atoms with van der Waals surface area (Å²) in [5.74, 6) is -0.154. The first kappa shape index (κ1) is 16.7. The van der Waals surface area contributed by atoms with Crippen LogP contribution in [0.5, 0.6) is 0 Å². The number of aromatic amines is 1. The molecule has 1 saturated heterocycles. The Balaban J connectivity index is 1.67. The predicted octanol–water partition coefficient (Wildman–Crippen LogP) is 0.814. The van der Waals surface area contributed by atoms with Crippen molar-refractivity contribution in [3.63, 3.8) is 0 Å². The Kier molecular flexibility index (Phi) is 4.72. The van der Waals surface area contributed by atoms with Gasteiger partial charge < -0.3 is 9.88 Å². The second-order valence-electron chi connectivity index (χ2n) is 6.00. The van der Waals surface area contributed by atoms with Crippen LogP contribution in [0.4, 0.5) is 0 Å². The minimum absolute atomic E-state index is 0.0670. The SMILES string of the molecule is C[C@@H](Cn1cccn1)NS(=O)(=O)c1c[nH]c(C(=O)N2CCCC2)c1. The van der Waals surface area contributed by atoms with E-state index >= 15 is 0 Å². The minimum atomic E-state index is -3.69. The minimum Gasteiger partial charge on any atom is -0.356 e. The lowest BCUT2D eigenvalue weighted by atomic mass is 10.4. The van der Waals surface area contributed by atoms with Gasteiger partial charge >= 0.3 is 0 Å². The summed E-state index contributed by atoms with van der Waals surface area (Å²) < 4.78 is 29.1. The number of H-pyrrole nitrogens is 1. The van der Waals surface area contributed by atoms with Crippen molar-refractivity contribution in [2.45, 2.75) is 37.2 Å². The summed E-state index contributed by atoms with van der Waals surface area (Å²) in [5, 5.41) is 4.06. The molecule has 9 heteroatoms. The average Bonchev–Trinajstić information content (AvgIpc) is 3.28. The second kappa shape index (κ2) is 6.78. The number of carbonyl (C=O) groups excluding carboxylic acids is 1. The fourth-order valence-electron chi connectivity index (χ4n) is 2.80. The molecule has 3 rings (SSSR count). The topological polar surface area (TPSA) is 100 Å². The Hall–Kier alpha value is -2.13. The largest absolute Gasteiger partial charge is 0.356 e. The number of rotatable bonds is 6.